The number of thiazole rings is 1. The lowest BCUT2D eigenvalue weighted by atomic mass is 9.67. The first kappa shape index (κ1) is 13.1. The van der Waals surface area contributed by atoms with Crippen LogP contribution in [0.2, 0.25) is 0 Å². The minimum absolute atomic E-state index is 0.0639. The molecule has 1 saturated carbocycles. The van der Waals surface area contributed by atoms with E-state index in [2.05, 4.69) is 38.1 Å². The monoisotopic (exact) mass is 274 g/mol. The molecule has 1 fully saturated rings. The summed E-state index contributed by atoms with van der Waals surface area (Å²) in [6.45, 7) is 4.65. The van der Waals surface area contributed by atoms with Gasteiger partial charge in [-0.05, 0) is 30.4 Å². The maximum atomic E-state index is 6.71. The number of fused-ring (bicyclic) bond motifs is 1. The second kappa shape index (κ2) is 4.88. The Bertz CT molecular complexity index is 544. The van der Waals surface area contributed by atoms with Crippen LogP contribution in [0, 0.1) is 11.8 Å². The second-order valence-corrected chi connectivity index (χ2v) is 7.26. The van der Waals surface area contributed by atoms with Crippen LogP contribution in [0.15, 0.2) is 24.3 Å². The van der Waals surface area contributed by atoms with Crippen LogP contribution in [0.1, 0.15) is 38.1 Å². The zero-order valence-electron chi connectivity index (χ0n) is 11.7. The Morgan fingerprint density at radius 3 is 2.95 bits per heavy atom. The molecule has 0 saturated heterocycles. The molecular weight excluding hydrogens is 252 g/mol. The predicted molar refractivity (Wildman–Crippen MR) is 82.4 cm³/mol. The summed E-state index contributed by atoms with van der Waals surface area (Å²) in [5, 5.41) is 1.20. The van der Waals surface area contributed by atoms with Crippen molar-refractivity contribution in [3.05, 3.63) is 29.3 Å². The number of nitrogens with two attached hydrogens (primary N) is 1. The summed E-state index contributed by atoms with van der Waals surface area (Å²) in [6.07, 6.45) is 4.64. The van der Waals surface area contributed by atoms with Crippen molar-refractivity contribution < 1.29 is 0 Å². The third-order valence-electron chi connectivity index (χ3n) is 4.88. The van der Waals surface area contributed by atoms with E-state index < -0.39 is 0 Å². The smallest absolute Gasteiger partial charge is 0.0957 e. The lowest BCUT2D eigenvalue weighted by Crippen LogP contribution is -2.52. The molecule has 1 aliphatic rings. The summed E-state index contributed by atoms with van der Waals surface area (Å²) < 4.78 is 1.28. The second-order valence-electron chi connectivity index (χ2n) is 6.14. The number of hydrogen-bond acceptors (Lipinski definition) is 3. The first-order valence-corrected chi connectivity index (χ1v) is 8.03. The molecule has 3 heteroatoms. The third-order valence-corrected chi connectivity index (χ3v) is 5.92. The fourth-order valence-corrected chi connectivity index (χ4v) is 4.43. The minimum Gasteiger partial charge on any atom is -0.324 e. The van der Waals surface area contributed by atoms with Gasteiger partial charge in [0.25, 0.3) is 0 Å². The lowest BCUT2D eigenvalue weighted by Gasteiger charge is -2.43. The van der Waals surface area contributed by atoms with Gasteiger partial charge in [-0.1, -0.05) is 38.8 Å². The van der Waals surface area contributed by atoms with Crippen LogP contribution in [-0.4, -0.2) is 10.5 Å². The predicted octanol–water partition coefficient (Wildman–Crippen LogP) is 3.99. The Kier molecular flexibility index (Phi) is 3.35. The highest BCUT2D eigenvalue weighted by Crippen LogP contribution is 2.39. The average molecular weight is 274 g/mol. The number of aromatic nitrogens is 1. The molecule has 2 nitrogen and oxygen atoms in total. The molecule has 3 rings (SSSR count). The average Bonchev–Trinajstić information content (AvgIpc) is 2.77. The van der Waals surface area contributed by atoms with E-state index in [1.807, 2.05) is 0 Å². The number of nitrogens with zero attached hydrogens (tertiary/aromatic N) is 1. The zero-order chi connectivity index (χ0) is 13.5. The molecule has 3 atom stereocenters. The SMILES string of the molecule is CC1CCCC(N)(Cc2nc3ccccc3s2)C1C. The Morgan fingerprint density at radius 1 is 1.37 bits per heavy atom. The van der Waals surface area contributed by atoms with Gasteiger partial charge in [-0.15, -0.1) is 11.3 Å². The Hall–Kier alpha value is -0.930. The normalized spacial score (nSPS) is 31.7. The summed E-state index contributed by atoms with van der Waals surface area (Å²) in [6, 6.07) is 8.36. The number of hydrogen-bond donors (Lipinski definition) is 1. The topological polar surface area (TPSA) is 38.9 Å². The molecule has 0 aliphatic heterocycles. The van der Waals surface area contributed by atoms with E-state index in [1.165, 1.54) is 22.5 Å². The van der Waals surface area contributed by atoms with Crippen LogP contribution >= 0.6 is 11.3 Å². The Labute approximate surface area is 119 Å². The highest BCUT2D eigenvalue weighted by atomic mass is 32.1. The number of benzene rings is 1. The van der Waals surface area contributed by atoms with Crippen molar-refractivity contribution in [2.75, 3.05) is 0 Å². The van der Waals surface area contributed by atoms with E-state index in [9.17, 15) is 0 Å². The molecular formula is C16H22N2S. The molecule has 0 spiro atoms. The quantitative estimate of drug-likeness (QED) is 0.899. The van der Waals surface area contributed by atoms with Gasteiger partial charge < -0.3 is 5.73 Å². The van der Waals surface area contributed by atoms with E-state index in [4.69, 9.17) is 10.7 Å². The molecule has 2 N–H and O–H groups in total. The molecule has 102 valence electrons. The molecule has 0 bridgehead atoms. The third kappa shape index (κ3) is 2.41. The van der Waals surface area contributed by atoms with Crippen molar-refractivity contribution in [2.45, 2.75) is 45.1 Å². The van der Waals surface area contributed by atoms with Gasteiger partial charge in [-0.3, -0.25) is 0 Å². The molecule has 1 aliphatic carbocycles. The van der Waals surface area contributed by atoms with Crippen LogP contribution in [0.4, 0.5) is 0 Å². The van der Waals surface area contributed by atoms with Crippen molar-refractivity contribution >= 4 is 21.6 Å². The highest BCUT2D eigenvalue weighted by Gasteiger charge is 2.38. The fourth-order valence-electron chi connectivity index (χ4n) is 3.32. The largest absolute Gasteiger partial charge is 0.324 e. The van der Waals surface area contributed by atoms with E-state index >= 15 is 0 Å². The van der Waals surface area contributed by atoms with Gasteiger partial charge >= 0.3 is 0 Å². The van der Waals surface area contributed by atoms with Crippen LogP contribution in [0.25, 0.3) is 10.2 Å². The number of rotatable bonds is 2. The molecule has 1 aromatic heterocycles. The van der Waals surface area contributed by atoms with Crippen molar-refractivity contribution in [1.82, 2.24) is 4.98 Å². The van der Waals surface area contributed by atoms with Gasteiger partial charge in [0.05, 0.1) is 15.2 Å². The van der Waals surface area contributed by atoms with E-state index in [0.717, 1.165) is 24.3 Å². The summed E-state index contributed by atoms with van der Waals surface area (Å²) in [4.78, 5) is 4.75. The van der Waals surface area contributed by atoms with Crippen LogP contribution in [0.3, 0.4) is 0 Å². The first-order chi connectivity index (χ1) is 9.08. The summed E-state index contributed by atoms with van der Waals surface area (Å²) in [5.41, 5.74) is 7.76. The zero-order valence-corrected chi connectivity index (χ0v) is 12.5. The van der Waals surface area contributed by atoms with Gasteiger partial charge in [0.15, 0.2) is 0 Å². The fraction of sp³-hybridized carbons (Fsp3) is 0.562. The lowest BCUT2D eigenvalue weighted by molar-refractivity contribution is 0.143. The van der Waals surface area contributed by atoms with Gasteiger partial charge in [0, 0.05) is 12.0 Å². The highest BCUT2D eigenvalue weighted by molar-refractivity contribution is 7.18. The Balaban J connectivity index is 1.87. The van der Waals surface area contributed by atoms with E-state index in [0.29, 0.717) is 5.92 Å². The Morgan fingerprint density at radius 2 is 2.16 bits per heavy atom. The van der Waals surface area contributed by atoms with E-state index in [1.54, 1.807) is 11.3 Å². The molecule has 1 heterocycles. The van der Waals surface area contributed by atoms with Crippen molar-refractivity contribution in [3.8, 4) is 0 Å². The van der Waals surface area contributed by atoms with Crippen LogP contribution < -0.4 is 5.73 Å². The molecule has 0 radical (unpaired) electrons. The van der Waals surface area contributed by atoms with Gasteiger partial charge in [-0.2, -0.15) is 0 Å². The molecule has 0 amide bonds. The van der Waals surface area contributed by atoms with Gasteiger partial charge in [0.2, 0.25) is 0 Å². The van der Waals surface area contributed by atoms with Crippen molar-refractivity contribution in [1.29, 1.82) is 0 Å². The maximum Gasteiger partial charge on any atom is 0.0957 e. The summed E-state index contributed by atoms with van der Waals surface area (Å²) in [5.74, 6) is 1.31. The summed E-state index contributed by atoms with van der Waals surface area (Å²) >= 11 is 1.80. The molecule has 19 heavy (non-hydrogen) atoms. The van der Waals surface area contributed by atoms with Crippen molar-refractivity contribution in [2.24, 2.45) is 17.6 Å². The molecule has 3 unspecified atom stereocenters. The van der Waals surface area contributed by atoms with Crippen molar-refractivity contribution in [3.63, 3.8) is 0 Å². The van der Waals surface area contributed by atoms with E-state index in [-0.39, 0.29) is 5.54 Å². The van der Waals surface area contributed by atoms with Gasteiger partial charge in [-0.25, -0.2) is 4.98 Å². The first-order valence-electron chi connectivity index (χ1n) is 7.22. The van der Waals surface area contributed by atoms with Crippen LogP contribution in [-0.2, 0) is 6.42 Å². The standard InChI is InChI=1S/C16H22N2S/c1-11-6-5-9-16(17,12(11)2)10-15-18-13-7-3-4-8-14(13)19-15/h3-4,7-8,11-12H,5-6,9-10,17H2,1-2H3. The number of para-hydroxylation sites is 1. The summed E-state index contributed by atoms with van der Waals surface area (Å²) in [7, 11) is 0. The molecule has 1 aromatic carbocycles. The molecule has 2 aromatic rings. The van der Waals surface area contributed by atoms with Gasteiger partial charge in [0.1, 0.15) is 0 Å². The maximum absolute atomic E-state index is 6.71. The van der Waals surface area contributed by atoms with Crippen LogP contribution in [0.5, 0.6) is 0 Å². The minimum atomic E-state index is -0.0639.